The Kier molecular flexibility index (Phi) is 8.21. The van der Waals surface area contributed by atoms with E-state index < -0.39 is 35.8 Å². The fourth-order valence-corrected chi connectivity index (χ4v) is 3.58. The summed E-state index contributed by atoms with van der Waals surface area (Å²) in [5.74, 6) is -0.805. The number of urea groups is 1. The molecule has 0 saturated carbocycles. The highest BCUT2D eigenvalue weighted by molar-refractivity contribution is 6.31. The van der Waals surface area contributed by atoms with Crippen LogP contribution in [-0.4, -0.2) is 41.0 Å². The summed E-state index contributed by atoms with van der Waals surface area (Å²) in [5.41, 5.74) is 0.0465. The van der Waals surface area contributed by atoms with Crippen LogP contribution >= 0.6 is 11.6 Å². The molecule has 0 unspecified atom stereocenters. The number of aromatic hydroxyl groups is 1. The summed E-state index contributed by atoms with van der Waals surface area (Å²) in [7, 11) is 2.88. The zero-order valence-electron chi connectivity index (χ0n) is 18.9. The fraction of sp³-hybridized carbons (Fsp3) is 0.208. The van der Waals surface area contributed by atoms with E-state index in [2.05, 4.69) is 10.6 Å². The van der Waals surface area contributed by atoms with Crippen LogP contribution in [0.3, 0.4) is 0 Å². The molecule has 0 aliphatic heterocycles. The first-order chi connectivity index (χ1) is 16.7. The summed E-state index contributed by atoms with van der Waals surface area (Å²) in [4.78, 5) is 37.1. The Labute approximate surface area is 205 Å². The quantitative estimate of drug-likeness (QED) is 0.351. The Hall–Kier alpha value is -4.18. The molecule has 0 aliphatic rings. The number of hydrogen-bond donors (Lipinski definition) is 4. The number of carbonyl (C=O) groups is 2. The number of nitrogens with zero attached hydrogens (tertiary/aromatic N) is 1. The molecule has 1 aromatic heterocycles. The van der Waals surface area contributed by atoms with Crippen molar-refractivity contribution in [3.63, 3.8) is 0 Å². The Bertz CT molecular complexity index is 1270. The molecular weight excluding hydrogens is 478 g/mol. The maximum atomic E-state index is 12.9. The first-order valence-corrected chi connectivity index (χ1v) is 10.8. The molecule has 3 aromatic rings. The number of benzene rings is 2. The molecule has 4 N–H and O–H groups in total. The largest absolute Gasteiger partial charge is 0.505 e. The van der Waals surface area contributed by atoms with E-state index in [4.69, 9.17) is 21.1 Å². The molecule has 0 spiro atoms. The van der Waals surface area contributed by atoms with Gasteiger partial charge in [0.15, 0.2) is 5.69 Å². The van der Waals surface area contributed by atoms with E-state index in [1.54, 1.807) is 42.5 Å². The number of nitrogens with one attached hydrogen (secondary N) is 2. The number of anilines is 1. The van der Waals surface area contributed by atoms with Gasteiger partial charge in [-0.2, -0.15) is 0 Å². The predicted octanol–water partition coefficient (Wildman–Crippen LogP) is 3.61. The maximum Gasteiger partial charge on any atom is 0.319 e. The molecule has 35 heavy (non-hydrogen) atoms. The third-order valence-corrected chi connectivity index (χ3v) is 5.51. The van der Waals surface area contributed by atoms with Crippen LogP contribution in [0, 0.1) is 0 Å². The van der Waals surface area contributed by atoms with Gasteiger partial charge in [-0.15, -0.1) is 0 Å². The van der Waals surface area contributed by atoms with E-state index in [1.807, 2.05) is 0 Å². The molecule has 3 rings (SSSR count). The van der Waals surface area contributed by atoms with Gasteiger partial charge in [0.05, 0.1) is 33.2 Å². The first kappa shape index (κ1) is 25.4. The minimum atomic E-state index is -1.17. The fourth-order valence-electron chi connectivity index (χ4n) is 3.38. The van der Waals surface area contributed by atoms with Crippen molar-refractivity contribution in [1.82, 2.24) is 9.88 Å². The molecule has 2 aromatic carbocycles. The maximum absolute atomic E-state index is 12.9. The van der Waals surface area contributed by atoms with Gasteiger partial charge in [0, 0.05) is 17.3 Å². The van der Waals surface area contributed by atoms with Crippen molar-refractivity contribution in [3.05, 3.63) is 81.2 Å². The van der Waals surface area contributed by atoms with Crippen molar-refractivity contribution in [3.8, 4) is 17.2 Å². The second-order valence-electron chi connectivity index (χ2n) is 7.50. The van der Waals surface area contributed by atoms with Crippen LogP contribution in [-0.2, 0) is 11.3 Å². The van der Waals surface area contributed by atoms with Crippen molar-refractivity contribution >= 4 is 29.3 Å². The number of halogens is 1. The van der Waals surface area contributed by atoms with Gasteiger partial charge in [-0.25, -0.2) is 4.79 Å². The SMILES string of the molecule is COc1cc(OC)cc([C@H](CC(=O)O)NC(=O)Nc2c(O)ccn(Cc3ccccc3Cl)c2=O)c1. The average molecular weight is 502 g/mol. The smallest absolute Gasteiger partial charge is 0.319 e. The Morgan fingerprint density at radius 2 is 1.74 bits per heavy atom. The summed E-state index contributed by atoms with van der Waals surface area (Å²) in [5, 5.41) is 24.9. The zero-order chi connectivity index (χ0) is 25.5. The number of amides is 2. The number of pyridine rings is 1. The molecule has 0 radical (unpaired) electrons. The highest BCUT2D eigenvalue weighted by atomic mass is 35.5. The van der Waals surface area contributed by atoms with Gasteiger partial charge >= 0.3 is 12.0 Å². The van der Waals surface area contributed by atoms with E-state index in [9.17, 15) is 24.6 Å². The molecule has 1 atom stereocenters. The Balaban J connectivity index is 1.86. The third kappa shape index (κ3) is 6.45. The number of carboxylic acid groups (broad SMARTS) is 1. The number of ether oxygens (including phenoxy) is 2. The van der Waals surface area contributed by atoms with Crippen molar-refractivity contribution in [2.75, 3.05) is 19.5 Å². The van der Waals surface area contributed by atoms with E-state index in [0.29, 0.717) is 27.6 Å². The number of hydrogen-bond acceptors (Lipinski definition) is 6. The van der Waals surface area contributed by atoms with Crippen LogP contribution in [0.25, 0.3) is 0 Å². The highest BCUT2D eigenvalue weighted by Gasteiger charge is 2.22. The van der Waals surface area contributed by atoms with Crippen LogP contribution in [0.15, 0.2) is 59.5 Å². The lowest BCUT2D eigenvalue weighted by Crippen LogP contribution is -2.36. The second-order valence-corrected chi connectivity index (χ2v) is 7.90. The van der Waals surface area contributed by atoms with Gasteiger partial charge in [0.25, 0.3) is 5.56 Å². The van der Waals surface area contributed by atoms with Crippen LogP contribution in [0.2, 0.25) is 5.02 Å². The number of carboxylic acids is 1. The molecular formula is C24H24ClN3O7. The monoisotopic (exact) mass is 501 g/mol. The third-order valence-electron chi connectivity index (χ3n) is 5.14. The van der Waals surface area contributed by atoms with Crippen molar-refractivity contribution < 1.29 is 29.3 Å². The topological polar surface area (TPSA) is 139 Å². The molecule has 184 valence electrons. The molecule has 0 fully saturated rings. The normalized spacial score (nSPS) is 11.4. The molecule has 0 bridgehead atoms. The van der Waals surface area contributed by atoms with Gasteiger partial charge in [0.2, 0.25) is 0 Å². The molecule has 0 saturated heterocycles. The minimum Gasteiger partial charge on any atom is -0.505 e. The first-order valence-electron chi connectivity index (χ1n) is 10.4. The van der Waals surface area contributed by atoms with E-state index in [-0.39, 0.29) is 12.2 Å². The number of methoxy groups -OCH3 is 2. The van der Waals surface area contributed by atoms with Crippen molar-refractivity contribution in [1.29, 1.82) is 0 Å². The van der Waals surface area contributed by atoms with Crippen LogP contribution in [0.5, 0.6) is 17.2 Å². The average Bonchev–Trinajstić information content (AvgIpc) is 2.83. The van der Waals surface area contributed by atoms with Gasteiger partial charge in [-0.3, -0.25) is 9.59 Å². The van der Waals surface area contributed by atoms with Crippen molar-refractivity contribution in [2.24, 2.45) is 0 Å². The van der Waals surface area contributed by atoms with E-state index in [1.165, 1.54) is 31.0 Å². The summed E-state index contributed by atoms with van der Waals surface area (Å²) in [6, 6.07) is 11.1. The van der Waals surface area contributed by atoms with Gasteiger partial charge in [0.1, 0.15) is 17.2 Å². The van der Waals surface area contributed by atoms with E-state index in [0.717, 1.165) is 0 Å². The van der Waals surface area contributed by atoms with Gasteiger partial charge in [-0.1, -0.05) is 29.8 Å². The highest BCUT2D eigenvalue weighted by Crippen LogP contribution is 2.28. The molecule has 11 heteroatoms. The van der Waals surface area contributed by atoms with Gasteiger partial charge in [-0.05, 0) is 35.4 Å². The Morgan fingerprint density at radius 3 is 2.34 bits per heavy atom. The number of rotatable bonds is 9. The van der Waals surface area contributed by atoms with Crippen LogP contribution in [0.4, 0.5) is 10.5 Å². The van der Waals surface area contributed by atoms with Gasteiger partial charge < -0.3 is 34.9 Å². The molecule has 10 nitrogen and oxygen atoms in total. The summed E-state index contributed by atoms with van der Waals surface area (Å²) < 4.78 is 11.7. The zero-order valence-corrected chi connectivity index (χ0v) is 19.7. The standard InChI is InChI=1S/C24H24ClN3O7/c1-34-16-9-15(10-17(11-16)35-2)19(12-21(30)31)26-24(33)27-22-20(29)7-8-28(23(22)32)13-14-5-3-4-6-18(14)25/h3-11,19,29H,12-13H2,1-2H3,(H,30,31)(H2,26,27,33)/t19-/m0/s1. The minimum absolute atomic E-state index is 0.111. The predicted molar refractivity (Wildman–Crippen MR) is 130 cm³/mol. The lowest BCUT2D eigenvalue weighted by atomic mass is 10.0. The number of aliphatic carboxylic acids is 1. The second kappa shape index (κ2) is 11.3. The Morgan fingerprint density at radius 1 is 1.09 bits per heavy atom. The summed E-state index contributed by atoms with van der Waals surface area (Å²) >= 11 is 6.17. The number of carbonyl (C=O) groups excluding carboxylic acids is 1. The summed E-state index contributed by atoms with van der Waals surface area (Å²) in [6.45, 7) is 0.111. The van der Waals surface area contributed by atoms with Crippen LogP contribution in [0.1, 0.15) is 23.6 Å². The lowest BCUT2D eigenvalue weighted by molar-refractivity contribution is -0.137. The van der Waals surface area contributed by atoms with E-state index >= 15 is 0 Å². The molecule has 1 heterocycles. The summed E-state index contributed by atoms with van der Waals surface area (Å²) in [6.07, 6.45) is 0.918. The number of aromatic nitrogens is 1. The lowest BCUT2D eigenvalue weighted by Gasteiger charge is -2.20. The molecule has 2 amide bonds. The van der Waals surface area contributed by atoms with Crippen LogP contribution < -0.4 is 25.7 Å². The molecule has 0 aliphatic carbocycles. The van der Waals surface area contributed by atoms with Crippen molar-refractivity contribution in [2.45, 2.75) is 19.0 Å².